The Morgan fingerprint density at radius 3 is 2.21 bits per heavy atom. The van der Waals surface area contributed by atoms with Crippen LogP contribution in [-0.4, -0.2) is 52.8 Å². The molecule has 0 radical (unpaired) electrons. The van der Waals surface area contributed by atoms with Crippen LogP contribution >= 0.6 is 0 Å². The highest BCUT2D eigenvalue weighted by Crippen LogP contribution is 2.56. The van der Waals surface area contributed by atoms with E-state index in [9.17, 15) is 21.6 Å². The molecule has 1 saturated carbocycles. The van der Waals surface area contributed by atoms with Crippen molar-refractivity contribution in [1.82, 2.24) is 19.1 Å². The number of hydrogen-bond acceptors (Lipinski definition) is 5. The summed E-state index contributed by atoms with van der Waals surface area (Å²) < 4.78 is 101. The van der Waals surface area contributed by atoms with Gasteiger partial charge in [-0.25, -0.2) is 17.2 Å². The van der Waals surface area contributed by atoms with Crippen LogP contribution in [0.5, 0.6) is 0 Å². The molecule has 38 heavy (non-hydrogen) atoms. The van der Waals surface area contributed by atoms with Crippen LogP contribution in [0.2, 0.25) is 0 Å². The molecule has 1 aromatic heterocycles. The first-order chi connectivity index (χ1) is 18.1. The number of halogens is 5. The van der Waals surface area contributed by atoms with Crippen molar-refractivity contribution in [3.8, 4) is 0 Å². The van der Waals surface area contributed by atoms with Crippen LogP contribution < -0.4 is 4.90 Å². The van der Waals surface area contributed by atoms with E-state index in [1.54, 1.807) is 35.8 Å². The lowest BCUT2D eigenvalue weighted by atomic mass is 10.0. The molecule has 0 bridgehead atoms. The van der Waals surface area contributed by atoms with E-state index >= 15 is 8.78 Å². The Morgan fingerprint density at radius 2 is 1.58 bits per heavy atom. The highest BCUT2D eigenvalue weighted by atomic mass is 32.2. The maximum Gasteiger partial charge on any atom is 0.405 e. The van der Waals surface area contributed by atoms with E-state index in [0.29, 0.717) is 23.0 Å². The van der Waals surface area contributed by atoms with Crippen molar-refractivity contribution in [1.29, 1.82) is 0 Å². The zero-order valence-corrected chi connectivity index (χ0v) is 20.8. The van der Waals surface area contributed by atoms with Crippen molar-refractivity contribution in [3.05, 3.63) is 77.9 Å². The van der Waals surface area contributed by atoms with Gasteiger partial charge in [0.25, 0.3) is 0 Å². The van der Waals surface area contributed by atoms with Gasteiger partial charge in [0.05, 0.1) is 5.69 Å². The summed E-state index contributed by atoms with van der Waals surface area (Å²) in [7, 11) is -4.53. The summed E-state index contributed by atoms with van der Waals surface area (Å²) in [5, 5.41) is 6.39. The molecule has 5 atom stereocenters. The summed E-state index contributed by atoms with van der Waals surface area (Å²) >= 11 is 0. The summed E-state index contributed by atoms with van der Waals surface area (Å²) in [5.74, 6) is -1.29. The first kappa shape index (κ1) is 25.2. The van der Waals surface area contributed by atoms with Crippen molar-refractivity contribution in [3.63, 3.8) is 0 Å². The molecule has 2 aromatic carbocycles. The molecule has 13 heteroatoms. The van der Waals surface area contributed by atoms with E-state index in [2.05, 4.69) is 10.2 Å². The normalized spacial score (nSPS) is 28.9. The lowest BCUT2D eigenvalue weighted by Gasteiger charge is -2.40. The Morgan fingerprint density at radius 1 is 0.921 bits per heavy atom. The Kier molecular flexibility index (Phi) is 5.98. The average molecular weight is 554 g/mol. The number of rotatable bonds is 5. The number of nitrogens with zero attached hydrogens (tertiary/aromatic N) is 5. The molecular weight excluding hydrogens is 529 g/mol. The van der Waals surface area contributed by atoms with Crippen LogP contribution in [0.15, 0.2) is 55.1 Å². The van der Waals surface area contributed by atoms with Crippen LogP contribution in [0, 0.1) is 23.5 Å². The number of benzene rings is 2. The quantitative estimate of drug-likeness (QED) is 0.437. The number of alkyl halides is 3. The second-order valence-electron chi connectivity index (χ2n) is 10.2. The third kappa shape index (κ3) is 4.25. The molecule has 2 unspecified atom stereocenters. The molecule has 0 N–H and O–H groups in total. The van der Waals surface area contributed by atoms with Gasteiger partial charge in [-0.1, -0.05) is 30.3 Å². The van der Waals surface area contributed by atoms with Gasteiger partial charge < -0.3 is 9.47 Å². The molecule has 7 nitrogen and oxygen atoms in total. The largest absolute Gasteiger partial charge is 0.405 e. The molecular formula is C25H24F5N5O2S. The Labute approximate surface area is 215 Å². The number of aromatic nitrogens is 3. The average Bonchev–Trinajstić information content (AvgIpc) is 3.23. The number of hydrogen-bond donors (Lipinski definition) is 0. The first-order valence-corrected chi connectivity index (χ1v) is 13.8. The predicted molar refractivity (Wildman–Crippen MR) is 127 cm³/mol. The van der Waals surface area contributed by atoms with Crippen molar-refractivity contribution >= 4 is 15.7 Å². The summed E-state index contributed by atoms with van der Waals surface area (Å²) in [5.41, 5.74) is -0.0704. The van der Waals surface area contributed by atoms with Crippen molar-refractivity contribution in [2.24, 2.45) is 11.8 Å². The minimum Gasteiger partial charge on any atom is -0.368 e. The van der Waals surface area contributed by atoms with Crippen LogP contribution in [0.1, 0.15) is 35.3 Å². The van der Waals surface area contributed by atoms with Gasteiger partial charge in [-0.15, -0.1) is 10.2 Å². The summed E-state index contributed by atoms with van der Waals surface area (Å²) in [4.78, 5) is 1.71. The highest BCUT2D eigenvalue weighted by molar-refractivity contribution is 7.89. The van der Waals surface area contributed by atoms with E-state index < -0.39 is 57.7 Å². The molecule has 1 aliphatic carbocycles. The Bertz CT molecular complexity index is 1420. The van der Waals surface area contributed by atoms with E-state index in [1.165, 1.54) is 12.1 Å². The maximum atomic E-state index is 15.2. The van der Waals surface area contributed by atoms with Gasteiger partial charge in [-0.3, -0.25) is 0 Å². The van der Waals surface area contributed by atoms with Crippen LogP contribution in [-0.2, 0) is 16.6 Å². The van der Waals surface area contributed by atoms with Gasteiger partial charge in [0.15, 0.2) is 0 Å². The van der Waals surface area contributed by atoms with E-state index in [1.807, 2.05) is 4.57 Å². The van der Waals surface area contributed by atoms with E-state index in [4.69, 9.17) is 0 Å². The second-order valence-corrected chi connectivity index (χ2v) is 12.2. The van der Waals surface area contributed by atoms with Crippen LogP contribution in [0.3, 0.4) is 0 Å². The van der Waals surface area contributed by atoms with Gasteiger partial charge in [-0.05, 0) is 24.5 Å². The SMILES string of the molecule is O=S1(=O)[C@@H](c2ccccc2)CCC(C(F)(F)F)N1Cc1cc(F)c(N2C[C@@H]3C(n4cnnc4)[C@@H]3C2)cc1F. The van der Waals surface area contributed by atoms with Gasteiger partial charge >= 0.3 is 6.18 Å². The third-order valence-electron chi connectivity index (χ3n) is 8.00. The van der Waals surface area contributed by atoms with Crippen LogP contribution in [0.4, 0.5) is 27.6 Å². The molecule has 202 valence electrons. The molecule has 6 rings (SSSR count). The molecule has 2 saturated heterocycles. The first-order valence-electron chi connectivity index (χ1n) is 12.2. The third-order valence-corrected chi connectivity index (χ3v) is 10.3. The van der Waals surface area contributed by atoms with E-state index in [0.717, 1.165) is 12.1 Å². The Balaban J connectivity index is 1.25. The summed E-state index contributed by atoms with van der Waals surface area (Å²) in [6.07, 6.45) is -2.33. The lowest BCUT2D eigenvalue weighted by molar-refractivity contribution is -0.176. The number of anilines is 1. The van der Waals surface area contributed by atoms with E-state index in [-0.39, 0.29) is 30.0 Å². The summed E-state index contributed by atoms with van der Waals surface area (Å²) in [6.45, 7) is 0.0527. The highest BCUT2D eigenvalue weighted by Gasteiger charge is 2.57. The number of sulfonamides is 1. The van der Waals surface area contributed by atoms with Gasteiger partial charge in [0.1, 0.15) is 35.6 Å². The fourth-order valence-corrected chi connectivity index (χ4v) is 8.24. The monoisotopic (exact) mass is 553 g/mol. The molecule has 3 fully saturated rings. The standard InChI is InChI=1S/C25H24F5N5O2S/c26-19-9-21(33-11-17-18(12-33)24(17)34-13-31-32-14-34)20(27)8-16(19)10-35-23(25(28,29)30)7-6-22(38(35,36)37)15-4-2-1-3-5-15/h1-5,8-9,13-14,17-18,22-24H,6-7,10-12H2/t17-,18+,22-,23?,24?/m1/s1. The smallest absolute Gasteiger partial charge is 0.368 e. The fourth-order valence-electron chi connectivity index (χ4n) is 6.08. The van der Waals surface area contributed by atoms with Gasteiger partial charge in [0.2, 0.25) is 10.0 Å². The van der Waals surface area contributed by atoms with Crippen LogP contribution in [0.25, 0.3) is 0 Å². The summed E-state index contributed by atoms with van der Waals surface area (Å²) in [6, 6.07) is 7.62. The predicted octanol–water partition coefficient (Wildman–Crippen LogP) is 4.46. The molecule has 2 aliphatic heterocycles. The number of fused-ring (bicyclic) bond motifs is 1. The van der Waals surface area contributed by atoms with Crippen molar-refractivity contribution in [2.75, 3.05) is 18.0 Å². The van der Waals surface area contributed by atoms with Crippen molar-refractivity contribution < 1.29 is 30.4 Å². The van der Waals surface area contributed by atoms with Crippen molar-refractivity contribution in [2.45, 2.75) is 42.9 Å². The zero-order valence-electron chi connectivity index (χ0n) is 20.0. The van der Waals surface area contributed by atoms with Gasteiger partial charge in [-0.2, -0.15) is 17.5 Å². The maximum absolute atomic E-state index is 15.2. The zero-order chi connectivity index (χ0) is 26.8. The molecule has 0 spiro atoms. The minimum atomic E-state index is -4.86. The lowest BCUT2D eigenvalue weighted by Crippen LogP contribution is -2.52. The number of piperidine rings is 1. The molecule has 3 aromatic rings. The molecule has 3 aliphatic rings. The topological polar surface area (TPSA) is 71.3 Å². The minimum absolute atomic E-state index is 0.0111. The second kappa shape index (κ2) is 9.01. The van der Waals surface area contributed by atoms with Gasteiger partial charge in [0, 0.05) is 49.1 Å². The molecule has 3 heterocycles. The molecule has 0 amide bonds. The Hall–Kier alpha value is -3.06. The fraction of sp³-hybridized carbons (Fsp3) is 0.440.